The molecule has 0 rings (SSSR count). The van der Waals surface area contributed by atoms with Crippen LogP contribution < -0.4 is 5.32 Å². The van der Waals surface area contributed by atoms with Crippen molar-refractivity contribution in [3.05, 3.63) is 0 Å². The van der Waals surface area contributed by atoms with Crippen molar-refractivity contribution in [1.82, 2.24) is 5.32 Å². The summed E-state index contributed by atoms with van der Waals surface area (Å²) in [4.78, 5) is 22.7. The van der Waals surface area contributed by atoms with Gasteiger partial charge in [0.1, 0.15) is 5.60 Å². The van der Waals surface area contributed by atoms with E-state index in [4.69, 9.17) is 4.74 Å². The van der Waals surface area contributed by atoms with Crippen LogP contribution in [-0.4, -0.2) is 30.1 Å². The second-order valence-electron chi connectivity index (χ2n) is 4.50. The molecule has 6 heteroatoms. The molecule has 0 saturated carbocycles. The Morgan fingerprint density at radius 1 is 1.24 bits per heavy atom. The van der Waals surface area contributed by atoms with Gasteiger partial charge in [-0.1, -0.05) is 6.92 Å². The number of nitrogens with one attached hydrogen (secondary N) is 1. The minimum atomic E-state index is -2.54. The Labute approximate surface area is 101 Å². The van der Waals surface area contributed by atoms with Crippen LogP contribution in [0.15, 0.2) is 0 Å². The Kier molecular flexibility index (Phi) is 5.38. The average molecular weight is 249 g/mol. The highest BCUT2D eigenvalue weighted by molar-refractivity contribution is 5.84. The van der Waals surface area contributed by atoms with Gasteiger partial charge in [-0.3, -0.25) is 5.32 Å². The summed E-state index contributed by atoms with van der Waals surface area (Å²) in [5.41, 5.74) is -0.757. The highest BCUT2D eigenvalue weighted by Gasteiger charge is 2.41. The molecular weight excluding hydrogens is 229 g/mol. The highest BCUT2D eigenvalue weighted by atomic mass is 19.1. The molecule has 100 valence electrons. The summed E-state index contributed by atoms with van der Waals surface area (Å²) in [6.45, 7) is 7.95. The lowest BCUT2D eigenvalue weighted by atomic mass is 10.2. The Balaban J connectivity index is 4.58. The molecule has 0 spiro atoms. The van der Waals surface area contributed by atoms with Gasteiger partial charge in [0.15, 0.2) is 0 Å². The molecule has 0 aromatic rings. The first-order chi connectivity index (χ1) is 7.64. The Bertz CT molecular complexity index is 288. The van der Waals surface area contributed by atoms with Crippen LogP contribution in [0.5, 0.6) is 0 Å². The molecule has 0 radical (unpaired) electrons. The fourth-order valence-corrected chi connectivity index (χ4v) is 0.995. The third-order valence-corrected chi connectivity index (χ3v) is 1.79. The van der Waals surface area contributed by atoms with E-state index in [1.807, 2.05) is 5.32 Å². The van der Waals surface area contributed by atoms with E-state index in [9.17, 15) is 14.0 Å². The highest BCUT2D eigenvalue weighted by Crippen LogP contribution is 2.16. The van der Waals surface area contributed by atoms with Gasteiger partial charge in [-0.15, -0.1) is 0 Å². The van der Waals surface area contributed by atoms with Gasteiger partial charge in [0.05, 0.1) is 6.61 Å². The monoisotopic (exact) mass is 249 g/mol. The molecule has 17 heavy (non-hydrogen) atoms. The maximum Gasteiger partial charge on any atom is 0.410 e. The number of hydrogen-bond acceptors (Lipinski definition) is 4. The molecule has 0 aromatic heterocycles. The van der Waals surface area contributed by atoms with E-state index in [1.165, 1.54) is 6.92 Å². The van der Waals surface area contributed by atoms with Crippen molar-refractivity contribution in [3.63, 3.8) is 0 Å². The van der Waals surface area contributed by atoms with E-state index >= 15 is 0 Å². The van der Waals surface area contributed by atoms with Crippen LogP contribution in [0.3, 0.4) is 0 Å². The topological polar surface area (TPSA) is 64.6 Å². The summed E-state index contributed by atoms with van der Waals surface area (Å²) in [6.07, 6.45) is -1.22. The van der Waals surface area contributed by atoms with Gasteiger partial charge >= 0.3 is 12.1 Å². The lowest BCUT2D eigenvalue weighted by molar-refractivity contribution is -0.160. The van der Waals surface area contributed by atoms with Crippen LogP contribution in [0.1, 0.15) is 41.0 Å². The molecule has 1 atom stereocenters. The number of alkyl halides is 1. The first-order valence-electron chi connectivity index (χ1n) is 5.52. The van der Waals surface area contributed by atoms with E-state index in [-0.39, 0.29) is 13.0 Å². The van der Waals surface area contributed by atoms with Crippen molar-refractivity contribution in [1.29, 1.82) is 0 Å². The van der Waals surface area contributed by atoms with E-state index in [0.29, 0.717) is 0 Å². The van der Waals surface area contributed by atoms with Crippen LogP contribution >= 0.6 is 0 Å². The van der Waals surface area contributed by atoms with E-state index in [0.717, 1.165) is 0 Å². The molecule has 5 nitrogen and oxygen atoms in total. The van der Waals surface area contributed by atoms with E-state index < -0.39 is 23.5 Å². The molecule has 0 heterocycles. The van der Waals surface area contributed by atoms with Gasteiger partial charge in [0.25, 0.3) is 5.79 Å². The van der Waals surface area contributed by atoms with Crippen molar-refractivity contribution >= 4 is 12.1 Å². The molecule has 0 aromatic carbocycles. The van der Waals surface area contributed by atoms with Gasteiger partial charge in [0.2, 0.25) is 0 Å². The van der Waals surface area contributed by atoms with Crippen LogP contribution in [0.25, 0.3) is 0 Å². The largest absolute Gasteiger partial charge is 0.462 e. The smallest absolute Gasteiger partial charge is 0.410 e. The summed E-state index contributed by atoms with van der Waals surface area (Å²) in [6, 6.07) is 0. The van der Waals surface area contributed by atoms with Crippen molar-refractivity contribution in [3.8, 4) is 0 Å². The summed E-state index contributed by atoms with van der Waals surface area (Å²) in [5.74, 6) is -3.66. The Hall–Kier alpha value is -1.33. The predicted molar refractivity (Wildman–Crippen MR) is 60.1 cm³/mol. The maximum absolute atomic E-state index is 14.0. The summed E-state index contributed by atoms with van der Waals surface area (Å²) < 4.78 is 23.5. The number of hydrogen-bond donors (Lipinski definition) is 1. The van der Waals surface area contributed by atoms with Crippen LogP contribution in [0, 0.1) is 0 Å². The average Bonchev–Trinajstić information content (AvgIpc) is 2.14. The molecule has 0 aliphatic rings. The number of esters is 1. The third-order valence-electron chi connectivity index (χ3n) is 1.79. The van der Waals surface area contributed by atoms with E-state index in [1.54, 1.807) is 27.7 Å². The van der Waals surface area contributed by atoms with Crippen molar-refractivity contribution in [2.24, 2.45) is 0 Å². The fraction of sp³-hybridized carbons (Fsp3) is 0.818. The second-order valence-corrected chi connectivity index (χ2v) is 4.50. The number of rotatable bonds is 4. The van der Waals surface area contributed by atoms with Gasteiger partial charge in [-0.2, -0.15) is 0 Å². The predicted octanol–water partition coefficient (Wildman–Crippen LogP) is 2.15. The van der Waals surface area contributed by atoms with Gasteiger partial charge < -0.3 is 9.47 Å². The van der Waals surface area contributed by atoms with Crippen LogP contribution in [0.2, 0.25) is 0 Å². The van der Waals surface area contributed by atoms with Crippen molar-refractivity contribution in [2.45, 2.75) is 52.4 Å². The molecule has 0 saturated heterocycles. The lowest BCUT2D eigenvalue weighted by Gasteiger charge is -2.25. The molecule has 0 aliphatic heterocycles. The molecule has 1 amide bonds. The van der Waals surface area contributed by atoms with Crippen molar-refractivity contribution in [2.75, 3.05) is 6.61 Å². The van der Waals surface area contributed by atoms with Gasteiger partial charge in [0, 0.05) is 6.42 Å². The normalized spacial score (nSPS) is 14.7. The Morgan fingerprint density at radius 2 is 1.76 bits per heavy atom. The first-order valence-corrected chi connectivity index (χ1v) is 5.52. The summed E-state index contributed by atoms with van der Waals surface area (Å²) in [5, 5.41) is 1.88. The molecular formula is C11H20FNO4. The summed E-state index contributed by atoms with van der Waals surface area (Å²) >= 11 is 0. The fourth-order valence-electron chi connectivity index (χ4n) is 0.995. The van der Waals surface area contributed by atoms with Gasteiger partial charge in [-0.25, -0.2) is 14.0 Å². The van der Waals surface area contributed by atoms with Gasteiger partial charge in [-0.05, 0) is 27.7 Å². The molecule has 0 aliphatic carbocycles. The zero-order chi connectivity index (χ0) is 13.7. The molecule has 0 fully saturated rings. The quantitative estimate of drug-likeness (QED) is 0.612. The molecule has 1 unspecified atom stereocenters. The SMILES string of the molecule is CCOC(=O)C(F)(CC)NC(=O)OC(C)(C)C. The Morgan fingerprint density at radius 3 is 2.12 bits per heavy atom. The second kappa shape index (κ2) is 5.84. The number of halogens is 1. The lowest BCUT2D eigenvalue weighted by Crippen LogP contribution is -2.52. The van der Waals surface area contributed by atoms with Crippen LogP contribution in [-0.2, 0) is 14.3 Å². The van der Waals surface area contributed by atoms with E-state index in [2.05, 4.69) is 4.74 Å². The zero-order valence-electron chi connectivity index (χ0n) is 10.9. The molecule has 0 bridgehead atoms. The maximum atomic E-state index is 14.0. The number of alkyl carbamates (subject to hydrolysis) is 1. The number of carbonyl (C=O) groups is 2. The number of ether oxygens (including phenoxy) is 2. The molecule has 1 N–H and O–H groups in total. The first kappa shape index (κ1) is 15.7. The zero-order valence-corrected chi connectivity index (χ0v) is 10.9. The standard InChI is InChI=1S/C11H20FNO4/c1-6-11(12,8(14)16-7-2)13-9(15)17-10(3,4)5/h6-7H2,1-5H3,(H,13,15). The minimum absolute atomic E-state index is 0.0422. The van der Waals surface area contributed by atoms with Crippen LogP contribution in [0.4, 0.5) is 9.18 Å². The summed E-state index contributed by atoms with van der Waals surface area (Å²) in [7, 11) is 0. The number of amides is 1. The number of carbonyl (C=O) groups excluding carboxylic acids is 2. The third kappa shape index (κ3) is 5.51. The minimum Gasteiger partial charge on any atom is -0.462 e. The van der Waals surface area contributed by atoms with Crippen molar-refractivity contribution < 1.29 is 23.5 Å².